The van der Waals surface area contributed by atoms with Crippen molar-refractivity contribution in [3.8, 4) is 0 Å². The molecule has 0 N–H and O–H groups in total. The molecule has 0 aromatic rings. The Morgan fingerprint density at radius 2 is 0.609 bits per heavy atom. The van der Waals surface area contributed by atoms with E-state index in [-0.39, 0.29) is 31.1 Å². The molecule has 0 radical (unpaired) electrons. The molecule has 1 atom stereocenters. The maximum atomic E-state index is 12.8. The highest BCUT2D eigenvalue weighted by Gasteiger charge is 2.19. The Morgan fingerprint density at radius 1 is 0.328 bits per heavy atom. The predicted octanol–water partition coefficient (Wildman–Crippen LogP) is 16.7. The lowest BCUT2D eigenvalue weighted by Gasteiger charge is -2.18. The fraction of sp³-hybridized carbons (Fsp3) is 0.569. The smallest absolute Gasteiger partial charge is 0.306 e. The molecule has 6 nitrogen and oxygen atoms in total. The first kappa shape index (κ1) is 59.5. The average molecular weight is 883 g/mol. The molecular weight excluding hydrogens is 793 g/mol. The first-order chi connectivity index (χ1) is 31.5. The van der Waals surface area contributed by atoms with Crippen molar-refractivity contribution >= 4 is 17.9 Å². The van der Waals surface area contributed by atoms with E-state index in [4.69, 9.17) is 14.2 Å². The van der Waals surface area contributed by atoms with Gasteiger partial charge in [-0.3, -0.25) is 14.4 Å². The van der Waals surface area contributed by atoms with E-state index in [1.807, 2.05) is 36.5 Å². The van der Waals surface area contributed by atoms with E-state index >= 15 is 0 Å². The van der Waals surface area contributed by atoms with E-state index in [0.29, 0.717) is 19.3 Å². The van der Waals surface area contributed by atoms with Gasteiger partial charge in [0.05, 0.1) is 0 Å². The van der Waals surface area contributed by atoms with Gasteiger partial charge in [0.1, 0.15) is 13.2 Å². The van der Waals surface area contributed by atoms with Gasteiger partial charge >= 0.3 is 17.9 Å². The zero-order chi connectivity index (χ0) is 46.5. The van der Waals surface area contributed by atoms with Crippen LogP contribution in [0, 0.1) is 0 Å². The Bertz CT molecular complexity index is 1430. The average Bonchev–Trinajstić information content (AvgIpc) is 3.29. The summed E-state index contributed by atoms with van der Waals surface area (Å²) in [7, 11) is 0. The van der Waals surface area contributed by atoms with Crippen LogP contribution in [-0.4, -0.2) is 37.2 Å². The van der Waals surface area contributed by atoms with Crippen LogP contribution in [0.3, 0.4) is 0 Å². The molecule has 0 spiro atoms. The van der Waals surface area contributed by atoms with Gasteiger partial charge in [-0.2, -0.15) is 0 Å². The minimum absolute atomic E-state index is 0.114. The summed E-state index contributed by atoms with van der Waals surface area (Å²) in [5.74, 6) is -0.997. The zero-order valence-corrected chi connectivity index (χ0v) is 40.7. The fourth-order valence-electron chi connectivity index (χ4n) is 6.34. The molecule has 0 amide bonds. The predicted molar refractivity (Wildman–Crippen MR) is 274 cm³/mol. The molecule has 0 aromatic carbocycles. The van der Waals surface area contributed by atoms with Crippen LogP contribution in [0.2, 0.25) is 0 Å². The van der Waals surface area contributed by atoms with E-state index in [9.17, 15) is 14.4 Å². The molecular formula is C58H90O6. The third-order valence-corrected chi connectivity index (χ3v) is 10.1. The summed E-state index contributed by atoms with van der Waals surface area (Å²) >= 11 is 0. The van der Waals surface area contributed by atoms with Crippen molar-refractivity contribution in [3.63, 3.8) is 0 Å². The van der Waals surface area contributed by atoms with E-state index in [1.54, 1.807) is 0 Å². The molecule has 358 valence electrons. The minimum atomic E-state index is -0.815. The van der Waals surface area contributed by atoms with Crippen LogP contribution in [0.25, 0.3) is 0 Å². The fourth-order valence-corrected chi connectivity index (χ4v) is 6.34. The molecule has 0 fully saturated rings. The van der Waals surface area contributed by atoms with E-state index in [0.717, 1.165) is 116 Å². The number of rotatable bonds is 43. The number of esters is 3. The molecule has 1 unspecified atom stereocenters. The Morgan fingerprint density at radius 3 is 0.969 bits per heavy atom. The van der Waals surface area contributed by atoms with Gasteiger partial charge in [0.2, 0.25) is 0 Å². The highest BCUT2D eigenvalue weighted by molar-refractivity contribution is 5.71. The second kappa shape index (κ2) is 51.2. The number of unbranched alkanes of at least 4 members (excludes halogenated alkanes) is 18. The molecule has 0 heterocycles. The monoisotopic (exact) mass is 883 g/mol. The van der Waals surface area contributed by atoms with Crippen LogP contribution in [0.4, 0.5) is 0 Å². The maximum Gasteiger partial charge on any atom is 0.306 e. The molecule has 0 rings (SSSR count). The van der Waals surface area contributed by atoms with Crippen molar-refractivity contribution < 1.29 is 28.6 Å². The van der Waals surface area contributed by atoms with Crippen molar-refractivity contribution in [3.05, 3.63) is 134 Å². The third-order valence-electron chi connectivity index (χ3n) is 10.1. The quantitative estimate of drug-likeness (QED) is 0.0263. The highest BCUT2D eigenvalue weighted by atomic mass is 16.6. The summed E-state index contributed by atoms with van der Waals surface area (Å²) in [6, 6.07) is 0. The van der Waals surface area contributed by atoms with Crippen molar-refractivity contribution in [2.75, 3.05) is 13.2 Å². The van der Waals surface area contributed by atoms with E-state index < -0.39 is 6.10 Å². The van der Waals surface area contributed by atoms with Gasteiger partial charge in [0, 0.05) is 19.3 Å². The zero-order valence-electron chi connectivity index (χ0n) is 40.7. The third kappa shape index (κ3) is 48.6. The lowest BCUT2D eigenvalue weighted by molar-refractivity contribution is -0.167. The van der Waals surface area contributed by atoms with E-state index in [1.165, 1.54) is 38.5 Å². The summed E-state index contributed by atoms with van der Waals surface area (Å²) in [6.07, 6.45) is 71.4. The second-order valence-corrected chi connectivity index (χ2v) is 16.2. The molecule has 0 aliphatic rings. The first-order valence-electron chi connectivity index (χ1n) is 25.3. The molecule has 0 saturated heterocycles. The van der Waals surface area contributed by atoms with Crippen LogP contribution < -0.4 is 0 Å². The van der Waals surface area contributed by atoms with Crippen LogP contribution in [-0.2, 0) is 28.6 Å². The topological polar surface area (TPSA) is 78.9 Å². The van der Waals surface area contributed by atoms with Crippen molar-refractivity contribution in [2.45, 2.75) is 200 Å². The van der Waals surface area contributed by atoms with Crippen LogP contribution >= 0.6 is 0 Å². The van der Waals surface area contributed by atoms with Gasteiger partial charge in [-0.15, -0.1) is 0 Å². The largest absolute Gasteiger partial charge is 0.462 e. The van der Waals surface area contributed by atoms with Crippen molar-refractivity contribution in [1.82, 2.24) is 0 Å². The van der Waals surface area contributed by atoms with Gasteiger partial charge in [-0.1, -0.05) is 225 Å². The summed E-state index contributed by atoms with van der Waals surface area (Å²) in [6.45, 7) is 6.24. The number of ether oxygens (including phenoxy) is 3. The van der Waals surface area contributed by atoms with E-state index in [2.05, 4.69) is 118 Å². The van der Waals surface area contributed by atoms with Gasteiger partial charge in [-0.25, -0.2) is 0 Å². The first-order valence-corrected chi connectivity index (χ1v) is 25.3. The lowest BCUT2D eigenvalue weighted by atomic mass is 10.1. The standard InChI is InChI=1S/C58H90O6/c1-4-7-10-13-16-19-22-25-27-28-29-31-33-36-39-42-45-48-51-57(60)63-54-55(53-62-56(59)50-47-44-41-38-35-32-24-21-18-15-12-9-6-3)64-58(61)52-49-46-43-40-37-34-30-26-23-20-17-14-11-8-5-2/h8-9,11-12,14-25,27-29,31-32,35,55H,4-7,10,13,26,30,33-34,36-54H2,1-3H3/b11-8+,12-9+,17-14+,18-15+,19-16+,23-20+,24-21+,25-22+,28-27+,31-29+,35-32+. The van der Waals surface area contributed by atoms with Crippen LogP contribution in [0.1, 0.15) is 194 Å². The van der Waals surface area contributed by atoms with Crippen LogP contribution in [0.15, 0.2) is 134 Å². The molecule has 0 bridgehead atoms. The molecule has 0 aliphatic carbocycles. The molecule has 0 saturated carbocycles. The number of hydrogen-bond acceptors (Lipinski definition) is 6. The molecule has 0 aromatic heterocycles. The number of hydrogen-bond donors (Lipinski definition) is 0. The van der Waals surface area contributed by atoms with Crippen molar-refractivity contribution in [1.29, 1.82) is 0 Å². The minimum Gasteiger partial charge on any atom is -0.462 e. The summed E-state index contributed by atoms with van der Waals surface area (Å²) in [4.78, 5) is 38.0. The maximum absolute atomic E-state index is 12.8. The molecule has 6 heteroatoms. The highest BCUT2D eigenvalue weighted by Crippen LogP contribution is 2.13. The Labute approximate surface area is 392 Å². The Kier molecular flexibility index (Phi) is 47.6. The summed E-state index contributed by atoms with van der Waals surface area (Å²) in [5, 5.41) is 0. The van der Waals surface area contributed by atoms with Gasteiger partial charge in [-0.05, 0) is 83.5 Å². The summed E-state index contributed by atoms with van der Waals surface area (Å²) < 4.78 is 16.7. The number of carbonyl (C=O) groups is 3. The van der Waals surface area contributed by atoms with Crippen LogP contribution in [0.5, 0.6) is 0 Å². The normalized spacial score (nSPS) is 13.2. The van der Waals surface area contributed by atoms with Gasteiger partial charge in [0.25, 0.3) is 0 Å². The number of allylic oxidation sites excluding steroid dienone is 22. The summed E-state index contributed by atoms with van der Waals surface area (Å²) in [5.41, 5.74) is 0. The lowest BCUT2D eigenvalue weighted by Crippen LogP contribution is -2.30. The molecule has 64 heavy (non-hydrogen) atoms. The van der Waals surface area contributed by atoms with Gasteiger partial charge < -0.3 is 14.2 Å². The second-order valence-electron chi connectivity index (χ2n) is 16.2. The Balaban J connectivity index is 4.54. The SMILES string of the molecule is CC/C=C/C=C/C=C/C=C/CCCCCC(=O)OCC(COC(=O)CCCCCCC/C=C/C=C/C=C/C=C/CCCCC)OC(=O)CCCCCCCCC/C=C/C=C/C=C/CC. The Hall–Kier alpha value is -4.45. The van der Waals surface area contributed by atoms with Crippen molar-refractivity contribution in [2.24, 2.45) is 0 Å². The van der Waals surface area contributed by atoms with Gasteiger partial charge in [0.15, 0.2) is 6.10 Å². The number of carbonyl (C=O) groups excluding carboxylic acids is 3. The molecule has 0 aliphatic heterocycles.